The van der Waals surface area contributed by atoms with Crippen molar-refractivity contribution in [2.24, 2.45) is 0 Å². The number of allylic oxidation sites excluding steroid dienone is 3. The van der Waals surface area contributed by atoms with E-state index in [-0.39, 0.29) is 5.57 Å². The van der Waals surface area contributed by atoms with Gasteiger partial charge in [0.15, 0.2) is 0 Å². The van der Waals surface area contributed by atoms with Gasteiger partial charge in [-0.3, -0.25) is 0 Å². The van der Waals surface area contributed by atoms with Crippen molar-refractivity contribution in [3.63, 3.8) is 0 Å². The first-order valence-corrected chi connectivity index (χ1v) is 5.69. The molecule has 4 heteroatoms. The summed E-state index contributed by atoms with van der Waals surface area (Å²) in [5.41, 5.74) is 2.50. The van der Waals surface area contributed by atoms with Gasteiger partial charge in [-0.25, -0.2) is 0 Å². The zero-order valence-corrected chi connectivity index (χ0v) is 11.0. The van der Waals surface area contributed by atoms with Gasteiger partial charge in [-0.2, -0.15) is 10.5 Å². The molecule has 0 aromatic heterocycles. The van der Waals surface area contributed by atoms with E-state index < -0.39 is 0 Å². The summed E-state index contributed by atoms with van der Waals surface area (Å²) >= 11 is 8.11. The Labute approximate surface area is 112 Å². The molecule has 0 bridgehead atoms. The number of hydrogen-bond donors (Lipinski definition) is 2. The highest BCUT2D eigenvalue weighted by Crippen LogP contribution is 2.24. The van der Waals surface area contributed by atoms with E-state index in [0.29, 0.717) is 9.81 Å². The Morgan fingerprint density at radius 2 is 1.65 bits per heavy atom. The summed E-state index contributed by atoms with van der Waals surface area (Å²) in [6, 6.07) is 11.3. The molecule has 84 valence electrons. The lowest BCUT2D eigenvalue weighted by atomic mass is 10.00. The number of aryl methyl sites for hydroxylation is 1. The normalized spacial score (nSPS) is 8.76. The van der Waals surface area contributed by atoms with Gasteiger partial charge in [-0.15, -0.1) is 25.3 Å². The fourth-order valence-electron chi connectivity index (χ4n) is 1.31. The lowest BCUT2D eigenvalue weighted by molar-refractivity contribution is 1.44. The third kappa shape index (κ3) is 3.71. The van der Waals surface area contributed by atoms with Gasteiger partial charge < -0.3 is 0 Å². The highest BCUT2D eigenvalue weighted by Gasteiger charge is 2.06. The second kappa shape index (κ2) is 6.20. The molecule has 2 nitrogen and oxygen atoms in total. The molecule has 0 N–H and O–H groups in total. The maximum Gasteiger partial charge on any atom is 0.137 e. The van der Waals surface area contributed by atoms with Crippen LogP contribution in [0.2, 0.25) is 0 Å². The van der Waals surface area contributed by atoms with E-state index in [1.807, 2.05) is 43.3 Å². The van der Waals surface area contributed by atoms with Crippen molar-refractivity contribution in [2.75, 3.05) is 0 Å². The molecule has 1 rings (SSSR count). The average molecular weight is 258 g/mol. The largest absolute Gasteiger partial charge is 0.192 e. The minimum absolute atomic E-state index is 0.0504. The highest BCUT2D eigenvalue weighted by atomic mass is 32.2. The van der Waals surface area contributed by atoms with Gasteiger partial charge >= 0.3 is 0 Å². The summed E-state index contributed by atoms with van der Waals surface area (Å²) < 4.78 is 0.448. The van der Waals surface area contributed by atoms with Crippen LogP contribution in [0.1, 0.15) is 11.1 Å². The smallest absolute Gasteiger partial charge is 0.137 e. The van der Waals surface area contributed by atoms with Gasteiger partial charge in [0.2, 0.25) is 0 Å². The molecular weight excluding hydrogens is 248 g/mol. The van der Waals surface area contributed by atoms with Crippen molar-refractivity contribution in [3.05, 3.63) is 51.3 Å². The molecule has 0 amide bonds. The second-order valence-corrected chi connectivity index (χ2v) is 4.70. The molecule has 0 aliphatic heterocycles. The Morgan fingerprint density at radius 3 is 2.06 bits per heavy atom. The SMILES string of the molecule is Cc1ccc(C(C=C(S)S)=C(C#N)C#N)cc1. The molecule has 0 spiro atoms. The Bertz CT molecular complexity index is 535. The molecule has 0 heterocycles. The van der Waals surface area contributed by atoms with E-state index in [9.17, 15) is 0 Å². The third-order valence-electron chi connectivity index (χ3n) is 2.13. The fraction of sp³-hybridized carbons (Fsp3) is 0.0769. The van der Waals surface area contributed by atoms with Crippen molar-refractivity contribution < 1.29 is 0 Å². The highest BCUT2D eigenvalue weighted by molar-refractivity contribution is 8.05. The summed E-state index contributed by atoms with van der Waals surface area (Å²) in [5, 5.41) is 17.8. The molecule has 0 saturated heterocycles. The van der Waals surface area contributed by atoms with Crippen LogP contribution in [0.3, 0.4) is 0 Å². The summed E-state index contributed by atoms with van der Waals surface area (Å²) in [6.45, 7) is 1.97. The fourth-order valence-corrected chi connectivity index (χ4v) is 1.57. The van der Waals surface area contributed by atoms with E-state index >= 15 is 0 Å². The van der Waals surface area contributed by atoms with E-state index in [4.69, 9.17) is 10.5 Å². The van der Waals surface area contributed by atoms with Gasteiger partial charge in [0.1, 0.15) is 17.7 Å². The zero-order chi connectivity index (χ0) is 12.8. The van der Waals surface area contributed by atoms with Crippen LogP contribution in [0, 0.1) is 29.6 Å². The van der Waals surface area contributed by atoms with Crippen LogP contribution in [0.25, 0.3) is 5.57 Å². The number of thiol groups is 2. The molecule has 0 aliphatic rings. The van der Waals surface area contributed by atoms with Crippen LogP contribution < -0.4 is 0 Å². The monoisotopic (exact) mass is 258 g/mol. The molecular formula is C13H10N2S2. The maximum atomic E-state index is 8.92. The van der Waals surface area contributed by atoms with Crippen LogP contribution in [0.15, 0.2) is 40.2 Å². The Balaban J connectivity index is 3.42. The van der Waals surface area contributed by atoms with Gasteiger partial charge in [0, 0.05) is 9.81 Å². The topological polar surface area (TPSA) is 47.6 Å². The first kappa shape index (κ1) is 13.4. The number of nitriles is 2. The van der Waals surface area contributed by atoms with Crippen molar-refractivity contribution in [3.8, 4) is 12.1 Å². The lowest BCUT2D eigenvalue weighted by Gasteiger charge is -2.04. The number of nitrogens with zero attached hydrogens (tertiary/aromatic N) is 2. The number of benzene rings is 1. The van der Waals surface area contributed by atoms with E-state index in [2.05, 4.69) is 25.3 Å². The molecule has 0 fully saturated rings. The van der Waals surface area contributed by atoms with Crippen molar-refractivity contribution in [1.29, 1.82) is 10.5 Å². The zero-order valence-electron chi connectivity index (χ0n) is 9.18. The van der Waals surface area contributed by atoms with Crippen LogP contribution in [-0.4, -0.2) is 0 Å². The molecule has 0 atom stereocenters. The number of rotatable bonds is 2. The standard InChI is InChI=1S/C13H10N2S2/c1-9-2-4-10(5-3-9)12(6-13(16)17)11(7-14)8-15/h2-6,16-17H,1H3. The van der Waals surface area contributed by atoms with Crippen LogP contribution in [-0.2, 0) is 0 Å². The molecule has 1 aromatic rings. The van der Waals surface area contributed by atoms with Crippen molar-refractivity contribution in [1.82, 2.24) is 0 Å². The quantitative estimate of drug-likeness (QED) is 0.484. The first-order valence-electron chi connectivity index (χ1n) is 4.79. The van der Waals surface area contributed by atoms with Gasteiger partial charge in [-0.1, -0.05) is 29.8 Å². The van der Waals surface area contributed by atoms with E-state index in [1.165, 1.54) is 0 Å². The molecule has 0 aliphatic carbocycles. The molecule has 17 heavy (non-hydrogen) atoms. The summed E-state index contributed by atoms with van der Waals surface area (Å²) in [6.07, 6.45) is 1.60. The van der Waals surface area contributed by atoms with E-state index in [1.54, 1.807) is 6.08 Å². The lowest BCUT2D eigenvalue weighted by Crippen LogP contribution is -1.87. The Morgan fingerprint density at radius 1 is 1.12 bits per heavy atom. The minimum Gasteiger partial charge on any atom is -0.192 e. The van der Waals surface area contributed by atoms with Crippen molar-refractivity contribution in [2.45, 2.75) is 6.92 Å². The Kier molecular flexibility index (Phi) is 4.90. The molecule has 1 aromatic carbocycles. The van der Waals surface area contributed by atoms with Crippen LogP contribution in [0.4, 0.5) is 0 Å². The van der Waals surface area contributed by atoms with E-state index in [0.717, 1.165) is 11.1 Å². The maximum absolute atomic E-state index is 8.92. The summed E-state index contributed by atoms with van der Waals surface area (Å²) in [4.78, 5) is 0. The minimum atomic E-state index is 0.0504. The second-order valence-electron chi connectivity index (χ2n) is 3.38. The van der Waals surface area contributed by atoms with Crippen LogP contribution in [0.5, 0.6) is 0 Å². The van der Waals surface area contributed by atoms with Gasteiger partial charge in [0.25, 0.3) is 0 Å². The molecule has 0 saturated carbocycles. The molecule has 0 unspecified atom stereocenters. The first-order chi connectivity index (χ1) is 8.08. The predicted octanol–water partition coefficient (Wildman–Crippen LogP) is 3.50. The summed E-state index contributed by atoms with van der Waals surface area (Å²) in [5.74, 6) is 0. The number of hydrogen-bond acceptors (Lipinski definition) is 4. The van der Waals surface area contributed by atoms with Gasteiger partial charge in [0.05, 0.1) is 0 Å². The van der Waals surface area contributed by atoms with Gasteiger partial charge in [-0.05, 0) is 18.6 Å². The average Bonchev–Trinajstić information content (AvgIpc) is 2.30. The van der Waals surface area contributed by atoms with Crippen LogP contribution >= 0.6 is 25.3 Å². The molecule has 0 radical (unpaired) electrons. The predicted molar refractivity (Wildman–Crippen MR) is 75.4 cm³/mol. The third-order valence-corrected chi connectivity index (χ3v) is 2.39. The Hall–Kier alpha value is -1.62. The summed E-state index contributed by atoms with van der Waals surface area (Å²) in [7, 11) is 0. The van der Waals surface area contributed by atoms with Crippen molar-refractivity contribution >= 4 is 30.8 Å².